The molecule has 1 aromatic rings. The Morgan fingerprint density at radius 3 is 2.80 bits per heavy atom. The molecule has 140 valence electrons. The standard InChI is InChI=1S/C19H33N5O/c1-23(2)18(15-7-4-3-5-8-15)14-21-19(25)17-10-12-24(22-17)16-9-6-11-20-13-16/h10,12,15-16,18,20H,3-9,11,13-14H2,1-2H3,(H,21,25). The number of likely N-dealkylation sites (N-methyl/N-ethyl adjacent to an activating group) is 1. The van der Waals surface area contributed by atoms with E-state index in [4.69, 9.17) is 0 Å². The van der Waals surface area contributed by atoms with E-state index < -0.39 is 0 Å². The summed E-state index contributed by atoms with van der Waals surface area (Å²) in [5, 5.41) is 11.0. The van der Waals surface area contributed by atoms with Gasteiger partial charge in [0.1, 0.15) is 5.69 Å². The molecule has 2 unspecified atom stereocenters. The van der Waals surface area contributed by atoms with Crippen LogP contribution in [0.25, 0.3) is 0 Å². The van der Waals surface area contributed by atoms with Crippen LogP contribution >= 0.6 is 0 Å². The second-order valence-corrected chi connectivity index (χ2v) is 7.82. The van der Waals surface area contributed by atoms with Crippen molar-refractivity contribution in [3.63, 3.8) is 0 Å². The van der Waals surface area contributed by atoms with Gasteiger partial charge in [-0.05, 0) is 58.3 Å². The van der Waals surface area contributed by atoms with Gasteiger partial charge in [-0.25, -0.2) is 0 Å². The fourth-order valence-corrected chi connectivity index (χ4v) is 4.30. The Kier molecular flexibility index (Phi) is 6.48. The maximum absolute atomic E-state index is 12.5. The lowest BCUT2D eigenvalue weighted by molar-refractivity contribution is 0.0915. The van der Waals surface area contributed by atoms with E-state index in [1.54, 1.807) is 0 Å². The summed E-state index contributed by atoms with van der Waals surface area (Å²) in [4.78, 5) is 14.8. The molecular formula is C19H33N5O. The highest BCUT2D eigenvalue weighted by Gasteiger charge is 2.26. The number of piperidine rings is 1. The first-order valence-corrected chi connectivity index (χ1v) is 9.85. The molecule has 1 saturated carbocycles. The van der Waals surface area contributed by atoms with Crippen LogP contribution in [0.4, 0.5) is 0 Å². The molecule has 0 bridgehead atoms. The molecule has 2 N–H and O–H groups in total. The molecule has 0 aromatic carbocycles. The van der Waals surface area contributed by atoms with Crippen LogP contribution in [0.2, 0.25) is 0 Å². The van der Waals surface area contributed by atoms with Crippen LogP contribution in [0.3, 0.4) is 0 Å². The van der Waals surface area contributed by atoms with Gasteiger partial charge in [0.15, 0.2) is 0 Å². The molecule has 1 saturated heterocycles. The molecule has 0 radical (unpaired) electrons. The topological polar surface area (TPSA) is 62.2 Å². The second kappa shape index (κ2) is 8.81. The molecule has 6 heteroatoms. The normalized spacial score (nSPS) is 23.6. The zero-order chi connectivity index (χ0) is 17.6. The van der Waals surface area contributed by atoms with Gasteiger partial charge in [-0.3, -0.25) is 9.48 Å². The van der Waals surface area contributed by atoms with Gasteiger partial charge in [0, 0.05) is 25.3 Å². The SMILES string of the molecule is CN(C)C(CNC(=O)c1ccn(C2CCCNC2)n1)C1CCCCC1. The molecule has 2 atom stereocenters. The average molecular weight is 348 g/mol. The zero-order valence-electron chi connectivity index (χ0n) is 15.7. The first kappa shape index (κ1) is 18.4. The van der Waals surface area contributed by atoms with E-state index in [1.807, 2.05) is 16.9 Å². The molecular weight excluding hydrogens is 314 g/mol. The number of nitrogens with one attached hydrogen (secondary N) is 2. The molecule has 3 rings (SSSR count). The summed E-state index contributed by atoms with van der Waals surface area (Å²) in [6, 6.07) is 2.62. The van der Waals surface area contributed by atoms with E-state index in [-0.39, 0.29) is 5.91 Å². The molecule has 2 aliphatic rings. The Bertz CT molecular complexity index is 544. The molecule has 25 heavy (non-hydrogen) atoms. The predicted molar refractivity (Wildman–Crippen MR) is 99.8 cm³/mol. The zero-order valence-corrected chi connectivity index (χ0v) is 15.7. The summed E-state index contributed by atoms with van der Waals surface area (Å²) in [7, 11) is 4.24. The van der Waals surface area contributed by atoms with Crippen LogP contribution < -0.4 is 10.6 Å². The van der Waals surface area contributed by atoms with E-state index in [0.29, 0.717) is 30.2 Å². The van der Waals surface area contributed by atoms with Crippen molar-refractivity contribution in [1.82, 2.24) is 25.3 Å². The maximum atomic E-state index is 12.5. The quantitative estimate of drug-likeness (QED) is 0.827. The predicted octanol–water partition coefficient (Wildman–Crippen LogP) is 2.05. The summed E-state index contributed by atoms with van der Waals surface area (Å²) in [5.74, 6) is 0.639. The fraction of sp³-hybridized carbons (Fsp3) is 0.789. The molecule has 1 amide bonds. The number of rotatable bonds is 6. The number of amides is 1. The van der Waals surface area contributed by atoms with Crippen molar-refractivity contribution in [1.29, 1.82) is 0 Å². The minimum Gasteiger partial charge on any atom is -0.349 e. The van der Waals surface area contributed by atoms with E-state index in [9.17, 15) is 4.79 Å². The van der Waals surface area contributed by atoms with E-state index in [1.165, 1.54) is 32.1 Å². The van der Waals surface area contributed by atoms with Crippen molar-refractivity contribution < 1.29 is 4.79 Å². The first-order chi connectivity index (χ1) is 12.1. The van der Waals surface area contributed by atoms with E-state index in [0.717, 1.165) is 25.9 Å². The Balaban J connectivity index is 1.54. The number of hydrogen-bond donors (Lipinski definition) is 2. The molecule has 2 heterocycles. The van der Waals surface area contributed by atoms with Crippen LogP contribution in [0.5, 0.6) is 0 Å². The minimum atomic E-state index is -0.0508. The van der Waals surface area contributed by atoms with Crippen molar-refractivity contribution in [2.24, 2.45) is 5.92 Å². The van der Waals surface area contributed by atoms with Crippen LogP contribution in [0.1, 0.15) is 61.5 Å². The minimum absolute atomic E-state index is 0.0508. The largest absolute Gasteiger partial charge is 0.349 e. The van der Waals surface area contributed by atoms with Crippen molar-refractivity contribution >= 4 is 5.91 Å². The summed E-state index contributed by atoms with van der Waals surface area (Å²) in [6.07, 6.45) is 10.8. The lowest BCUT2D eigenvalue weighted by atomic mass is 9.83. The first-order valence-electron chi connectivity index (χ1n) is 9.85. The van der Waals surface area contributed by atoms with Gasteiger partial charge in [0.2, 0.25) is 0 Å². The number of aromatic nitrogens is 2. The number of hydrogen-bond acceptors (Lipinski definition) is 4. The van der Waals surface area contributed by atoms with Gasteiger partial charge in [0.05, 0.1) is 6.04 Å². The van der Waals surface area contributed by atoms with Gasteiger partial charge < -0.3 is 15.5 Å². The highest BCUT2D eigenvalue weighted by molar-refractivity contribution is 5.92. The summed E-state index contributed by atoms with van der Waals surface area (Å²) >= 11 is 0. The van der Waals surface area contributed by atoms with Gasteiger partial charge in [-0.2, -0.15) is 5.10 Å². The lowest BCUT2D eigenvalue weighted by Crippen LogP contribution is -2.45. The summed E-state index contributed by atoms with van der Waals surface area (Å²) in [5.41, 5.74) is 0.534. The van der Waals surface area contributed by atoms with E-state index in [2.05, 4.69) is 34.7 Å². The van der Waals surface area contributed by atoms with Crippen LogP contribution in [-0.2, 0) is 0 Å². The van der Waals surface area contributed by atoms with Crippen molar-refractivity contribution in [2.75, 3.05) is 33.7 Å². The number of carbonyl (C=O) groups is 1. The smallest absolute Gasteiger partial charge is 0.271 e. The summed E-state index contributed by atoms with van der Waals surface area (Å²) < 4.78 is 1.95. The lowest BCUT2D eigenvalue weighted by Gasteiger charge is -2.34. The van der Waals surface area contributed by atoms with Crippen molar-refractivity contribution in [3.8, 4) is 0 Å². The van der Waals surface area contributed by atoms with E-state index >= 15 is 0 Å². The van der Waals surface area contributed by atoms with Gasteiger partial charge in [-0.1, -0.05) is 19.3 Å². The molecule has 1 aliphatic heterocycles. The Morgan fingerprint density at radius 1 is 1.32 bits per heavy atom. The van der Waals surface area contributed by atoms with Crippen LogP contribution in [0, 0.1) is 5.92 Å². The maximum Gasteiger partial charge on any atom is 0.271 e. The average Bonchev–Trinajstić information content (AvgIpc) is 3.13. The molecule has 1 aliphatic carbocycles. The van der Waals surface area contributed by atoms with Gasteiger partial charge >= 0.3 is 0 Å². The molecule has 6 nitrogen and oxygen atoms in total. The highest BCUT2D eigenvalue weighted by Crippen LogP contribution is 2.28. The van der Waals surface area contributed by atoms with Gasteiger partial charge in [0.25, 0.3) is 5.91 Å². The third-order valence-electron chi connectivity index (χ3n) is 5.81. The molecule has 2 fully saturated rings. The Labute approximate surface area is 151 Å². The van der Waals surface area contributed by atoms with Gasteiger partial charge in [-0.15, -0.1) is 0 Å². The molecule has 1 aromatic heterocycles. The molecule has 0 spiro atoms. The number of carbonyl (C=O) groups excluding carboxylic acids is 1. The monoisotopic (exact) mass is 347 g/mol. The Hall–Kier alpha value is -1.40. The number of nitrogens with zero attached hydrogens (tertiary/aromatic N) is 3. The highest BCUT2D eigenvalue weighted by atomic mass is 16.1. The van der Waals surface area contributed by atoms with Crippen LogP contribution in [-0.4, -0.2) is 60.4 Å². The van der Waals surface area contributed by atoms with Crippen molar-refractivity contribution in [3.05, 3.63) is 18.0 Å². The third-order valence-corrected chi connectivity index (χ3v) is 5.81. The Morgan fingerprint density at radius 2 is 2.12 bits per heavy atom. The van der Waals surface area contributed by atoms with Crippen LogP contribution in [0.15, 0.2) is 12.3 Å². The summed E-state index contributed by atoms with van der Waals surface area (Å²) in [6.45, 7) is 2.72. The van der Waals surface area contributed by atoms with Crippen molar-refractivity contribution in [2.45, 2.75) is 57.0 Å². The fourth-order valence-electron chi connectivity index (χ4n) is 4.30. The second-order valence-electron chi connectivity index (χ2n) is 7.82. The third kappa shape index (κ3) is 4.82.